The number of carbonyl (C=O) groups excluding carboxylic acids is 1. The lowest BCUT2D eigenvalue weighted by molar-refractivity contribution is -0.158. The molecule has 3 heterocycles. The van der Waals surface area contributed by atoms with Crippen LogP contribution in [0.2, 0.25) is 0 Å². The summed E-state index contributed by atoms with van der Waals surface area (Å²) in [5.41, 5.74) is 0.818. The molecular weight excluding hydrogens is 344 g/mol. The van der Waals surface area contributed by atoms with Crippen molar-refractivity contribution in [2.45, 2.75) is 50.7 Å². The van der Waals surface area contributed by atoms with E-state index in [0.29, 0.717) is 23.5 Å². The van der Waals surface area contributed by atoms with Crippen LogP contribution >= 0.6 is 0 Å². The van der Waals surface area contributed by atoms with Crippen LogP contribution in [0.15, 0.2) is 12.7 Å². The average Bonchev–Trinajstić information content (AvgIpc) is 3.21. The number of hydrogen-bond donors (Lipinski definition) is 2. The molecule has 0 bridgehead atoms. The first-order chi connectivity index (χ1) is 12.6. The number of unbranched alkanes of at least 4 members (excludes halogenated alkanes) is 1. The van der Waals surface area contributed by atoms with Crippen molar-refractivity contribution in [2.75, 3.05) is 13.7 Å². The number of ether oxygens (including phenoxy) is 3. The number of imidazole rings is 1. The van der Waals surface area contributed by atoms with Crippen LogP contribution in [0, 0.1) is 0 Å². The predicted molar refractivity (Wildman–Crippen MR) is 88.3 cm³/mol. The van der Waals surface area contributed by atoms with Gasteiger partial charge in [0.2, 0.25) is 5.88 Å². The van der Waals surface area contributed by atoms with E-state index in [9.17, 15) is 15.0 Å². The van der Waals surface area contributed by atoms with Crippen LogP contribution in [0.4, 0.5) is 0 Å². The second-order valence-corrected chi connectivity index (χ2v) is 6.00. The number of rotatable bonds is 7. The van der Waals surface area contributed by atoms with Crippen LogP contribution in [0.5, 0.6) is 5.88 Å². The molecule has 0 aliphatic carbocycles. The van der Waals surface area contributed by atoms with Gasteiger partial charge >= 0.3 is 5.97 Å². The largest absolute Gasteiger partial charge is 0.479 e. The Bertz CT molecular complexity index is 766. The molecular formula is C16H22N4O6. The number of methoxy groups -OCH3 is 1. The molecule has 2 aromatic rings. The maximum absolute atomic E-state index is 12.1. The Morgan fingerprint density at radius 2 is 2.19 bits per heavy atom. The molecule has 4 atom stereocenters. The van der Waals surface area contributed by atoms with Crippen molar-refractivity contribution in [3.8, 4) is 5.88 Å². The van der Waals surface area contributed by atoms with E-state index in [1.54, 1.807) is 0 Å². The number of fused-ring (bicyclic) bond motifs is 1. The summed E-state index contributed by atoms with van der Waals surface area (Å²) in [5, 5.41) is 19.9. The lowest BCUT2D eigenvalue weighted by Crippen LogP contribution is -2.37. The molecule has 142 valence electrons. The second-order valence-electron chi connectivity index (χ2n) is 6.00. The van der Waals surface area contributed by atoms with Crippen molar-refractivity contribution in [1.82, 2.24) is 19.5 Å². The molecule has 0 radical (unpaired) electrons. The molecule has 3 rings (SSSR count). The van der Waals surface area contributed by atoms with Crippen LogP contribution in [0.1, 0.15) is 32.4 Å². The Hall–Kier alpha value is -2.30. The molecule has 0 aromatic carbocycles. The SMILES string of the molecule is CCCCC(=O)O[C@@H]1[C@H](O)[C@@H](CO)O[C@H]1n1cnc2c(OC)ncnc21. The first-order valence-electron chi connectivity index (χ1n) is 8.46. The zero-order chi connectivity index (χ0) is 18.7. The van der Waals surface area contributed by atoms with Gasteiger partial charge in [-0.15, -0.1) is 0 Å². The van der Waals surface area contributed by atoms with Gasteiger partial charge in [-0.25, -0.2) is 9.97 Å². The Kier molecular flexibility index (Phi) is 5.64. The average molecular weight is 366 g/mol. The lowest BCUT2D eigenvalue weighted by atomic mass is 10.1. The third-order valence-corrected chi connectivity index (χ3v) is 4.29. The molecule has 0 unspecified atom stereocenters. The fourth-order valence-electron chi connectivity index (χ4n) is 2.92. The minimum Gasteiger partial charge on any atom is -0.479 e. The number of esters is 1. The van der Waals surface area contributed by atoms with E-state index in [4.69, 9.17) is 14.2 Å². The first-order valence-corrected chi connectivity index (χ1v) is 8.46. The standard InChI is InChI=1S/C16H22N4O6/c1-3-4-5-10(22)26-13-12(23)9(6-21)25-16(13)20-8-19-11-14(20)17-7-18-15(11)24-2/h7-9,12-13,16,21,23H,3-6H2,1-2H3/t9-,12-,13-,16-/m1/s1. The lowest BCUT2D eigenvalue weighted by Gasteiger charge is -2.21. The van der Waals surface area contributed by atoms with Crippen molar-refractivity contribution in [3.63, 3.8) is 0 Å². The number of hydrogen-bond acceptors (Lipinski definition) is 9. The molecule has 26 heavy (non-hydrogen) atoms. The molecule has 0 saturated carbocycles. The maximum Gasteiger partial charge on any atom is 0.306 e. The van der Waals surface area contributed by atoms with Crippen LogP contribution in [0.3, 0.4) is 0 Å². The summed E-state index contributed by atoms with van der Waals surface area (Å²) >= 11 is 0. The summed E-state index contributed by atoms with van der Waals surface area (Å²) in [6.45, 7) is 1.56. The van der Waals surface area contributed by atoms with Crippen molar-refractivity contribution >= 4 is 17.1 Å². The van der Waals surface area contributed by atoms with Crippen molar-refractivity contribution in [1.29, 1.82) is 0 Å². The van der Waals surface area contributed by atoms with E-state index >= 15 is 0 Å². The van der Waals surface area contributed by atoms with Gasteiger partial charge in [-0.3, -0.25) is 9.36 Å². The quantitative estimate of drug-likeness (QED) is 0.660. The van der Waals surface area contributed by atoms with E-state index in [2.05, 4.69) is 15.0 Å². The summed E-state index contributed by atoms with van der Waals surface area (Å²) in [7, 11) is 1.47. The molecule has 1 aliphatic rings. The van der Waals surface area contributed by atoms with Crippen molar-refractivity contribution in [3.05, 3.63) is 12.7 Å². The van der Waals surface area contributed by atoms with Crippen LogP contribution in [-0.4, -0.2) is 67.7 Å². The van der Waals surface area contributed by atoms with Gasteiger partial charge in [0, 0.05) is 6.42 Å². The molecule has 10 nitrogen and oxygen atoms in total. The normalized spacial score (nSPS) is 25.5. The van der Waals surface area contributed by atoms with E-state index in [1.165, 1.54) is 24.3 Å². The molecule has 2 aromatic heterocycles. The minimum absolute atomic E-state index is 0.247. The second kappa shape index (κ2) is 7.94. The summed E-state index contributed by atoms with van der Waals surface area (Å²) in [5.74, 6) is -0.137. The minimum atomic E-state index is -1.17. The fraction of sp³-hybridized carbons (Fsp3) is 0.625. The Morgan fingerprint density at radius 1 is 1.38 bits per heavy atom. The van der Waals surface area contributed by atoms with Gasteiger partial charge in [0.05, 0.1) is 20.0 Å². The highest BCUT2D eigenvalue weighted by Gasteiger charge is 2.47. The van der Waals surface area contributed by atoms with Crippen molar-refractivity contribution in [2.24, 2.45) is 0 Å². The predicted octanol–water partition coefficient (Wildman–Crippen LogP) is 0.187. The van der Waals surface area contributed by atoms with Crippen LogP contribution in [-0.2, 0) is 14.3 Å². The van der Waals surface area contributed by atoms with Gasteiger partial charge in [-0.2, -0.15) is 4.98 Å². The van der Waals surface area contributed by atoms with Gasteiger partial charge in [-0.1, -0.05) is 13.3 Å². The Morgan fingerprint density at radius 3 is 2.88 bits per heavy atom. The van der Waals surface area contributed by atoms with Crippen LogP contribution in [0.25, 0.3) is 11.2 Å². The zero-order valence-electron chi connectivity index (χ0n) is 14.6. The zero-order valence-corrected chi connectivity index (χ0v) is 14.6. The highest BCUT2D eigenvalue weighted by Crippen LogP contribution is 2.34. The monoisotopic (exact) mass is 366 g/mol. The van der Waals surface area contributed by atoms with Gasteiger partial charge < -0.3 is 24.4 Å². The van der Waals surface area contributed by atoms with E-state index in [-0.39, 0.29) is 6.42 Å². The van der Waals surface area contributed by atoms with E-state index < -0.39 is 37.1 Å². The number of aliphatic hydroxyl groups is 2. The summed E-state index contributed by atoms with van der Waals surface area (Å²) < 4.78 is 17.9. The fourth-order valence-corrected chi connectivity index (χ4v) is 2.92. The molecule has 10 heteroatoms. The number of carbonyl (C=O) groups is 1. The summed E-state index contributed by atoms with van der Waals surface area (Å²) in [6, 6.07) is 0. The van der Waals surface area contributed by atoms with Gasteiger partial charge in [0.25, 0.3) is 0 Å². The van der Waals surface area contributed by atoms with Gasteiger partial charge in [-0.05, 0) is 6.42 Å². The maximum atomic E-state index is 12.1. The molecule has 2 N–H and O–H groups in total. The van der Waals surface area contributed by atoms with Crippen molar-refractivity contribution < 1.29 is 29.2 Å². The number of nitrogens with zero attached hydrogens (tertiary/aromatic N) is 4. The van der Waals surface area contributed by atoms with E-state index in [0.717, 1.165) is 6.42 Å². The molecule has 1 fully saturated rings. The van der Waals surface area contributed by atoms with E-state index in [1.807, 2.05) is 6.92 Å². The Labute approximate surface area is 149 Å². The van der Waals surface area contributed by atoms with Gasteiger partial charge in [0.15, 0.2) is 23.5 Å². The highest BCUT2D eigenvalue weighted by molar-refractivity contribution is 5.76. The summed E-state index contributed by atoms with van der Waals surface area (Å²) in [6.07, 6.45) is 0.632. The third-order valence-electron chi connectivity index (χ3n) is 4.29. The Balaban J connectivity index is 1.92. The molecule has 1 aliphatic heterocycles. The number of aromatic nitrogens is 4. The third kappa shape index (κ3) is 3.35. The topological polar surface area (TPSA) is 129 Å². The number of aliphatic hydroxyl groups excluding tert-OH is 2. The molecule has 1 saturated heterocycles. The van der Waals surface area contributed by atoms with Gasteiger partial charge in [0.1, 0.15) is 18.5 Å². The molecule has 0 spiro atoms. The smallest absolute Gasteiger partial charge is 0.306 e. The first kappa shape index (κ1) is 18.5. The van der Waals surface area contributed by atoms with Crippen LogP contribution < -0.4 is 4.74 Å². The summed E-state index contributed by atoms with van der Waals surface area (Å²) in [4.78, 5) is 24.4. The molecule has 0 amide bonds. The highest BCUT2D eigenvalue weighted by atomic mass is 16.6.